The molecule has 0 amide bonds. The van der Waals surface area contributed by atoms with Crippen LogP contribution in [0.25, 0.3) is 0 Å². The van der Waals surface area contributed by atoms with Crippen LogP contribution in [0.4, 0.5) is 0 Å². The Balaban J connectivity index is 2.18. The second kappa shape index (κ2) is 3.98. The molecule has 1 saturated carbocycles. The van der Waals surface area contributed by atoms with E-state index in [1.165, 1.54) is 0 Å². The number of hydrogen-bond donors (Lipinski definition) is 2. The highest BCUT2D eigenvalue weighted by atomic mass is 16.5. The molecular weight excluding hydrogens is 178 g/mol. The third-order valence-electron chi connectivity index (χ3n) is 2.33. The Morgan fingerprint density at radius 3 is 2.79 bits per heavy atom. The second-order valence-electron chi connectivity index (χ2n) is 3.64. The van der Waals surface area contributed by atoms with Crippen molar-refractivity contribution < 1.29 is 9.84 Å². The lowest BCUT2D eigenvalue weighted by atomic mass is 10.1. The normalized spacial score (nSPS) is 17.9. The zero-order valence-electron chi connectivity index (χ0n) is 8.02. The summed E-state index contributed by atoms with van der Waals surface area (Å²) in [5.41, 5.74) is 6.65. The predicted molar refractivity (Wildman–Crippen MR) is 54.1 cm³/mol. The molecule has 0 saturated heterocycles. The van der Waals surface area contributed by atoms with Crippen molar-refractivity contribution in [1.82, 2.24) is 0 Å². The maximum atomic E-state index is 8.98. The van der Waals surface area contributed by atoms with Crippen molar-refractivity contribution in [2.45, 2.75) is 25.0 Å². The van der Waals surface area contributed by atoms with E-state index in [-0.39, 0.29) is 12.6 Å². The second-order valence-corrected chi connectivity index (χ2v) is 3.64. The topological polar surface area (TPSA) is 55.5 Å². The first kappa shape index (κ1) is 9.49. The van der Waals surface area contributed by atoms with Gasteiger partial charge in [0.2, 0.25) is 0 Å². The zero-order chi connectivity index (χ0) is 9.97. The van der Waals surface area contributed by atoms with Gasteiger partial charge in [-0.1, -0.05) is 18.2 Å². The van der Waals surface area contributed by atoms with Crippen molar-refractivity contribution >= 4 is 0 Å². The minimum absolute atomic E-state index is 0.0506. The molecule has 76 valence electrons. The van der Waals surface area contributed by atoms with Gasteiger partial charge in [0.15, 0.2) is 0 Å². The average Bonchev–Trinajstić information content (AvgIpc) is 3.01. The molecule has 14 heavy (non-hydrogen) atoms. The number of aliphatic hydroxyl groups excluding tert-OH is 1. The average molecular weight is 193 g/mol. The zero-order valence-corrected chi connectivity index (χ0v) is 8.02. The van der Waals surface area contributed by atoms with E-state index in [1.807, 2.05) is 24.3 Å². The molecule has 0 radical (unpaired) electrons. The largest absolute Gasteiger partial charge is 0.490 e. The quantitative estimate of drug-likeness (QED) is 0.756. The fourth-order valence-corrected chi connectivity index (χ4v) is 1.36. The lowest BCUT2D eigenvalue weighted by Crippen LogP contribution is -2.16. The highest BCUT2D eigenvalue weighted by molar-refractivity contribution is 5.36. The first-order valence-corrected chi connectivity index (χ1v) is 4.93. The van der Waals surface area contributed by atoms with Gasteiger partial charge in [-0.25, -0.2) is 0 Å². The van der Waals surface area contributed by atoms with Gasteiger partial charge in [-0.15, -0.1) is 0 Å². The number of benzene rings is 1. The summed E-state index contributed by atoms with van der Waals surface area (Å²) in [4.78, 5) is 0. The summed E-state index contributed by atoms with van der Waals surface area (Å²) < 4.78 is 5.69. The summed E-state index contributed by atoms with van der Waals surface area (Å²) in [5.74, 6) is 0.816. The summed E-state index contributed by atoms with van der Waals surface area (Å²) in [6.07, 6.45) is 2.62. The number of para-hydroxylation sites is 1. The Labute approximate surface area is 83.5 Å². The van der Waals surface area contributed by atoms with Crippen molar-refractivity contribution in [3.05, 3.63) is 29.8 Å². The molecule has 1 aliphatic rings. The molecule has 0 spiro atoms. The first-order valence-electron chi connectivity index (χ1n) is 4.93. The molecule has 1 aliphatic carbocycles. The van der Waals surface area contributed by atoms with E-state index in [0.717, 1.165) is 24.2 Å². The predicted octanol–water partition coefficient (Wildman–Crippen LogP) is 1.22. The molecule has 0 aliphatic heterocycles. The van der Waals surface area contributed by atoms with E-state index in [1.54, 1.807) is 0 Å². The molecule has 1 unspecified atom stereocenters. The molecule has 3 nitrogen and oxygen atoms in total. The van der Waals surface area contributed by atoms with Crippen LogP contribution in [0, 0.1) is 0 Å². The van der Waals surface area contributed by atoms with Crippen LogP contribution in [0.3, 0.4) is 0 Å². The van der Waals surface area contributed by atoms with Crippen LogP contribution in [0.5, 0.6) is 5.75 Å². The summed E-state index contributed by atoms with van der Waals surface area (Å²) in [7, 11) is 0. The van der Waals surface area contributed by atoms with Gasteiger partial charge < -0.3 is 15.6 Å². The van der Waals surface area contributed by atoms with E-state index >= 15 is 0 Å². The van der Waals surface area contributed by atoms with Crippen LogP contribution >= 0.6 is 0 Å². The SMILES string of the molecule is NC(CO)c1ccccc1OC1CC1. The van der Waals surface area contributed by atoms with Gasteiger partial charge >= 0.3 is 0 Å². The third kappa shape index (κ3) is 2.05. The van der Waals surface area contributed by atoms with Crippen LogP contribution in [-0.2, 0) is 0 Å². The highest BCUT2D eigenvalue weighted by Gasteiger charge is 2.25. The first-order chi connectivity index (χ1) is 6.81. The molecule has 0 bridgehead atoms. The number of nitrogens with two attached hydrogens (primary N) is 1. The fourth-order valence-electron chi connectivity index (χ4n) is 1.36. The molecule has 2 rings (SSSR count). The van der Waals surface area contributed by atoms with Crippen LogP contribution < -0.4 is 10.5 Å². The van der Waals surface area contributed by atoms with Crippen LogP contribution in [0.2, 0.25) is 0 Å². The van der Waals surface area contributed by atoms with Crippen LogP contribution in [0.15, 0.2) is 24.3 Å². The molecule has 3 N–H and O–H groups in total. The molecule has 3 heteroatoms. The number of rotatable bonds is 4. The maximum Gasteiger partial charge on any atom is 0.124 e. The van der Waals surface area contributed by atoms with E-state index in [9.17, 15) is 0 Å². The Hall–Kier alpha value is -1.06. The van der Waals surface area contributed by atoms with Gasteiger partial charge in [-0.2, -0.15) is 0 Å². The van der Waals surface area contributed by atoms with Crippen molar-refractivity contribution in [1.29, 1.82) is 0 Å². The monoisotopic (exact) mass is 193 g/mol. The van der Waals surface area contributed by atoms with Gasteiger partial charge in [-0.05, 0) is 18.9 Å². The third-order valence-corrected chi connectivity index (χ3v) is 2.33. The Morgan fingerprint density at radius 1 is 1.43 bits per heavy atom. The lowest BCUT2D eigenvalue weighted by molar-refractivity contribution is 0.257. The van der Waals surface area contributed by atoms with Crippen molar-refractivity contribution in [2.75, 3.05) is 6.61 Å². The van der Waals surface area contributed by atoms with Gasteiger partial charge in [0, 0.05) is 5.56 Å². The van der Waals surface area contributed by atoms with Gasteiger partial charge in [0.1, 0.15) is 5.75 Å². The Morgan fingerprint density at radius 2 is 2.14 bits per heavy atom. The molecular formula is C11H15NO2. The van der Waals surface area contributed by atoms with Crippen molar-refractivity contribution in [3.8, 4) is 5.75 Å². The van der Waals surface area contributed by atoms with E-state index in [2.05, 4.69) is 0 Å². The van der Waals surface area contributed by atoms with Crippen molar-refractivity contribution in [2.24, 2.45) is 5.73 Å². The van der Waals surface area contributed by atoms with Crippen molar-refractivity contribution in [3.63, 3.8) is 0 Å². The summed E-state index contributed by atoms with van der Waals surface area (Å²) in [6, 6.07) is 7.29. The number of ether oxygens (including phenoxy) is 1. The molecule has 1 aromatic rings. The van der Waals surface area contributed by atoms with Crippen LogP contribution in [0.1, 0.15) is 24.4 Å². The highest BCUT2D eigenvalue weighted by Crippen LogP contribution is 2.30. The summed E-state index contributed by atoms with van der Waals surface area (Å²) in [5, 5.41) is 8.98. The van der Waals surface area contributed by atoms with Gasteiger partial charge in [-0.3, -0.25) is 0 Å². The maximum absolute atomic E-state index is 8.98. The fraction of sp³-hybridized carbons (Fsp3) is 0.455. The van der Waals surface area contributed by atoms with Gasteiger partial charge in [0.25, 0.3) is 0 Å². The molecule has 1 aromatic carbocycles. The number of aliphatic hydroxyl groups is 1. The van der Waals surface area contributed by atoms with Crippen LogP contribution in [-0.4, -0.2) is 17.8 Å². The Bertz CT molecular complexity index is 310. The number of hydrogen-bond acceptors (Lipinski definition) is 3. The summed E-state index contributed by atoms with van der Waals surface area (Å²) in [6.45, 7) is -0.0506. The van der Waals surface area contributed by atoms with Gasteiger partial charge in [0.05, 0.1) is 18.8 Å². The molecule has 1 fully saturated rings. The summed E-state index contributed by atoms with van der Waals surface area (Å²) >= 11 is 0. The molecule has 1 atom stereocenters. The smallest absolute Gasteiger partial charge is 0.124 e. The van der Waals surface area contributed by atoms with E-state index in [4.69, 9.17) is 15.6 Å². The Kier molecular flexibility index (Phi) is 2.70. The minimum atomic E-state index is -0.343. The van der Waals surface area contributed by atoms with E-state index < -0.39 is 0 Å². The molecule has 0 aromatic heterocycles. The minimum Gasteiger partial charge on any atom is -0.490 e. The lowest BCUT2D eigenvalue weighted by Gasteiger charge is -2.14. The molecule has 0 heterocycles. The van der Waals surface area contributed by atoms with E-state index in [0.29, 0.717) is 6.10 Å². The standard InChI is InChI=1S/C11H15NO2/c12-10(7-13)9-3-1-2-4-11(9)14-8-5-6-8/h1-4,8,10,13H,5-7,12H2.